The van der Waals surface area contributed by atoms with E-state index in [9.17, 15) is 18.0 Å². The van der Waals surface area contributed by atoms with Crippen LogP contribution in [0.2, 0.25) is 0 Å². The number of nitrogens with zero attached hydrogens (tertiary/aromatic N) is 2. The fourth-order valence-corrected chi connectivity index (χ4v) is 6.73. The summed E-state index contributed by atoms with van der Waals surface area (Å²) in [7, 11) is -4.12. The molecule has 7 nitrogen and oxygen atoms in total. The maximum atomic E-state index is 14.5. The summed E-state index contributed by atoms with van der Waals surface area (Å²) >= 11 is 3.51. The normalized spacial score (nSPS) is 11.9. The van der Waals surface area contributed by atoms with E-state index in [1.165, 1.54) is 17.0 Å². The molecule has 0 aliphatic heterocycles. The molecule has 2 amide bonds. The minimum Gasteiger partial charge on any atom is -0.354 e. The number of amides is 2. The second kappa shape index (κ2) is 15.7. The first-order valence-electron chi connectivity index (χ1n) is 14.7. The molecule has 4 aromatic rings. The number of benzene rings is 4. The molecule has 0 aliphatic carbocycles. The lowest BCUT2D eigenvalue weighted by Gasteiger charge is -2.34. The van der Waals surface area contributed by atoms with Crippen LogP contribution in [0.5, 0.6) is 0 Å². The molecule has 0 fully saturated rings. The number of hydrogen-bond acceptors (Lipinski definition) is 4. The van der Waals surface area contributed by atoms with E-state index < -0.39 is 28.5 Å². The largest absolute Gasteiger partial charge is 0.354 e. The number of carbonyl (C=O) groups excluding carboxylic acids is 2. The molecule has 0 saturated carbocycles. The van der Waals surface area contributed by atoms with Crippen LogP contribution in [0.4, 0.5) is 5.69 Å². The van der Waals surface area contributed by atoms with Gasteiger partial charge in [-0.25, -0.2) is 8.42 Å². The average Bonchev–Trinajstić information content (AvgIpc) is 3.03. The van der Waals surface area contributed by atoms with E-state index in [1.807, 2.05) is 80.6 Å². The molecular weight excluding hydrogens is 638 g/mol. The predicted octanol–water partition coefficient (Wildman–Crippen LogP) is 6.51. The molecular formula is C35H38BrN3O4S. The van der Waals surface area contributed by atoms with Crippen LogP contribution in [0.15, 0.2) is 119 Å². The second-order valence-corrected chi connectivity index (χ2v) is 13.4. The number of hydrogen-bond donors (Lipinski definition) is 1. The number of halogens is 1. The van der Waals surface area contributed by atoms with Crippen molar-refractivity contribution in [3.63, 3.8) is 0 Å². The molecule has 4 aromatic carbocycles. The molecule has 44 heavy (non-hydrogen) atoms. The zero-order valence-corrected chi connectivity index (χ0v) is 27.4. The lowest BCUT2D eigenvalue weighted by molar-refractivity contribution is -0.140. The molecule has 0 unspecified atom stereocenters. The summed E-state index contributed by atoms with van der Waals surface area (Å²) in [6, 6.07) is 31.3. The van der Waals surface area contributed by atoms with Gasteiger partial charge in [-0.2, -0.15) is 0 Å². The van der Waals surface area contributed by atoms with Crippen LogP contribution in [0.25, 0.3) is 0 Å². The molecule has 0 heterocycles. The van der Waals surface area contributed by atoms with Crippen LogP contribution in [0.1, 0.15) is 36.5 Å². The molecule has 1 atom stereocenters. The SMILES string of the molecule is CCCCNC(=O)[C@H](Cc1ccccc1)N(Cc1cccc(Br)c1)C(=O)CN(c1ccc(C)cc1)S(=O)(=O)c1ccccc1. The summed E-state index contributed by atoms with van der Waals surface area (Å²) in [6.07, 6.45) is 1.99. The first-order valence-corrected chi connectivity index (χ1v) is 16.9. The first kappa shape index (κ1) is 33.0. The van der Waals surface area contributed by atoms with Crippen molar-refractivity contribution in [2.45, 2.75) is 50.6 Å². The monoisotopic (exact) mass is 675 g/mol. The Bertz CT molecular complexity index is 1630. The van der Waals surface area contributed by atoms with Crippen LogP contribution < -0.4 is 9.62 Å². The lowest BCUT2D eigenvalue weighted by atomic mass is 10.0. The highest BCUT2D eigenvalue weighted by molar-refractivity contribution is 9.10. The van der Waals surface area contributed by atoms with Crippen LogP contribution in [0.3, 0.4) is 0 Å². The van der Waals surface area contributed by atoms with Gasteiger partial charge in [-0.15, -0.1) is 0 Å². The van der Waals surface area contributed by atoms with Gasteiger partial charge in [0, 0.05) is 24.0 Å². The van der Waals surface area contributed by atoms with Gasteiger partial charge in [0.1, 0.15) is 12.6 Å². The summed E-state index contributed by atoms with van der Waals surface area (Å²) in [5.41, 5.74) is 3.02. The number of nitrogens with one attached hydrogen (secondary N) is 1. The molecule has 4 rings (SSSR count). The van der Waals surface area contributed by atoms with Crippen molar-refractivity contribution < 1.29 is 18.0 Å². The number of anilines is 1. The van der Waals surface area contributed by atoms with E-state index in [0.717, 1.165) is 38.3 Å². The molecule has 0 bridgehead atoms. The van der Waals surface area contributed by atoms with Crippen molar-refractivity contribution in [1.29, 1.82) is 0 Å². The predicted molar refractivity (Wildman–Crippen MR) is 179 cm³/mol. The topological polar surface area (TPSA) is 86.8 Å². The maximum Gasteiger partial charge on any atom is 0.264 e. The molecule has 0 saturated heterocycles. The summed E-state index contributed by atoms with van der Waals surface area (Å²) in [5.74, 6) is -0.768. The van der Waals surface area contributed by atoms with Crippen molar-refractivity contribution in [2.75, 3.05) is 17.4 Å². The minimum absolute atomic E-state index is 0.0741. The molecule has 0 spiro atoms. The summed E-state index contributed by atoms with van der Waals surface area (Å²) in [6.45, 7) is 4.07. The van der Waals surface area contributed by atoms with Crippen molar-refractivity contribution in [2.24, 2.45) is 0 Å². The Morgan fingerprint density at radius 3 is 2.11 bits per heavy atom. The Labute approximate surface area is 269 Å². The third-order valence-electron chi connectivity index (χ3n) is 7.27. The van der Waals surface area contributed by atoms with E-state index in [1.54, 1.807) is 30.3 Å². The van der Waals surface area contributed by atoms with Gasteiger partial charge in [-0.1, -0.05) is 108 Å². The summed E-state index contributed by atoms with van der Waals surface area (Å²) < 4.78 is 30.0. The summed E-state index contributed by atoms with van der Waals surface area (Å²) in [5, 5.41) is 3.01. The van der Waals surface area contributed by atoms with Crippen LogP contribution >= 0.6 is 15.9 Å². The number of unbranched alkanes of at least 4 members (excludes halogenated alkanes) is 1. The first-order chi connectivity index (χ1) is 21.2. The molecule has 1 N–H and O–H groups in total. The number of sulfonamides is 1. The molecule has 230 valence electrons. The third-order valence-corrected chi connectivity index (χ3v) is 9.56. The van der Waals surface area contributed by atoms with Crippen LogP contribution in [-0.2, 0) is 32.6 Å². The van der Waals surface area contributed by atoms with Gasteiger partial charge in [0.05, 0.1) is 10.6 Å². The Kier molecular flexibility index (Phi) is 11.7. The Morgan fingerprint density at radius 2 is 1.48 bits per heavy atom. The lowest BCUT2D eigenvalue weighted by Crippen LogP contribution is -2.53. The van der Waals surface area contributed by atoms with Crippen molar-refractivity contribution in [3.8, 4) is 0 Å². The summed E-state index contributed by atoms with van der Waals surface area (Å²) in [4.78, 5) is 29.8. The van der Waals surface area contributed by atoms with Crippen molar-refractivity contribution in [1.82, 2.24) is 10.2 Å². The smallest absolute Gasteiger partial charge is 0.264 e. The standard InChI is InChI=1S/C35H38BrN3O4S/c1-3-4-22-37-35(41)33(24-28-12-7-5-8-13-28)38(25-29-14-11-15-30(36)23-29)34(40)26-39(31-20-18-27(2)19-21-31)44(42,43)32-16-9-6-10-17-32/h5-21,23,33H,3-4,22,24-26H2,1-2H3,(H,37,41)/t33-/m0/s1. The van der Waals surface area contributed by atoms with E-state index in [0.29, 0.717) is 12.2 Å². The van der Waals surface area contributed by atoms with Gasteiger partial charge in [0.15, 0.2) is 0 Å². The highest BCUT2D eigenvalue weighted by Crippen LogP contribution is 2.26. The highest BCUT2D eigenvalue weighted by Gasteiger charge is 2.34. The molecule has 0 radical (unpaired) electrons. The van der Waals surface area contributed by atoms with Crippen LogP contribution in [-0.4, -0.2) is 44.3 Å². The van der Waals surface area contributed by atoms with E-state index in [4.69, 9.17) is 0 Å². The average molecular weight is 677 g/mol. The third kappa shape index (κ3) is 8.80. The fourth-order valence-electron chi connectivity index (χ4n) is 4.85. The van der Waals surface area contributed by atoms with Gasteiger partial charge in [0.2, 0.25) is 11.8 Å². The van der Waals surface area contributed by atoms with Gasteiger partial charge < -0.3 is 10.2 Å². The number of rotatable bonds is 14. The Morgan fingerprint density at radius 1 is 0.841 bits per heavy atom. The molecule has 9 heteroatoms. The highest BCUT2D eigenvalue weighted by atomic mass is 79.9. The van der Waals surface area contributed by atoms with Gasteiger partial charge >= 0.3 is 0 Å². The van der Waals surface area contributed by atoms with E-state index in [2.05, 4.69) is 21.2 Å². The zero-order valence-electron chi connectivity index (χ0n) is 25.0. The van der Waals surface area contributed by atoms with E-state index in [-0.39, 0.29) is 23.8 Å². The Balaban J connectivity index is 1.78. The Hall–Kier alpha value is -3.95. The zero-order chi connectivity index (χ0) is 31.5. The van der Waals surface area contributed by atoms with Crippen molar-refractivity contribution in [3.05, 3.63) is 130 Å². The minimum atomic E-state index is -4.12. The van der Waals surface area contributed by atoms with Gasteiger partial charge in [-0.3, -0.25) is 13.9 Å². The number of carbonyl (C=O) groups is 2. The van der Waals surface area contributed by atoms with Crippen LogP contribution in [0, 0.1) is 6.92 Å². The van der Waals surface area contributed by atoms with Crippen molar-refractivity contribution >= 4 is 43.5 Å². The molecule has 0 aliphatic rings. The fraction of sp³-hybridized carbons (Fsp3) is 0.257. The van der Waals surface area contributed by atoms with E-state index >= 15 is 0 Å². The quantitative estimate of drug-likeness (QED) is 0.154. The maximum absolute atomic E-state index is 14.5. The van der Waals surface area contributed by atoms with Gasteiger partial charge in [-0.05, 0) is 60.9 Å². The van der Waals surface area contributed by atoms with Gasteiger partial charge in [0.25, 0.3) is 10.0 Å². The second-order valence-electron chi connectivity index (χ2n) is 10.7. The number of aryl methyl sites for hydroxylation is 1. The molecule has 0 aromatic heterocycles.